The van der Waals surface area contributed by atoms with E-state index in [4.69, 9.17) is 0 Å². The molecule has 6 heteroatoms. The summed E-state index contributed by atoms with van der Waals surface area (Å²) in [4.78, 5) is 24.9. The van der Waals surface area contributed by atoms with E-state index in [1.807, 2.05) is 0 Å². The third-order valence-corrected chi connectivity index (χ3v) is 4.07. The van der Waals surface area contributed by atoms with Gasteiger partial charge < -0.3 is 5.32 Å². The van der Waals surface area contributed by atoms with E-state index in [0.717, 1.165) is 25.9 Å². The first-order chi connectivity index (χ1) is 10.0. The molecule has 1 amide bonds. The van der Waals surface area contributed by atoms with Crippen molar-refractivity contribution in [1.82, 2.24) is 10.2 Å². The molecular formula is C15H21N3O3. The van der Waals surface area contributed by atoms with Crippen molar-refractivity contribution in [3.63, 3.8) is 0 Å². The van der Waals surface area contributed by atoms with Crippen molar-refractivity contribution in [2.45, 2.75) is 32.7 Å². The molecule has 1 unspecified atom stereocenters. The van der Waals surface area contributed by atoms with Gasteiger partial charge >= 0.3 is 0 Å². The van der Waals surface area contributed by atoms with Gasteiger partial charge in [0.15, 0.2) is 0 Å². The molecule has 6 nitrogen and oxygen atoms in total. The Morgan fingerprint density at radius 3 is 2.95 bits per heavy atom. The van der Waals surface area contributed by atoms with Crippen LogP contribution in [0.1, 0.15) is 35.7 Å². The van der Waals surface area contributed by atoms with E-state index in [1.54, 1.807) is 19.1 Å². The first-order valence-electron chi connectivity index (χ1n) is 7.30. The average Bonchev–Trinajstić information content (AvgIpc) is 2.92. The highest BCUT2D eigenvalue weighted by atomic mass is 16.6. The fraction of sp³-hybridized carbons (Fsp3) is 0.533. The smallest absolute Gasteiger partial charge is 0.273 e. The fourth-order valence-corrected chi connectivity index (χ4v) is 2.80. The number of rotatable bonds is 5. The van der Waals surface area contributed by atoms with Crippen molar-refractivity contribution in [2.75, 3.05) is 19.6 Å². The van der Waals surface area contributed by atoms with E-state index < -0.39 is 4.92 Å². The second kappa shape index (κ2) is 6.67. The van der Waals surface area contributed by atoms with Crippen LogP contribution in [0.5, 0.6) is 0 Å². The zero-order chi connectivity index (χ0) is 15.4. The number of aryl methyl sites for hydroxylation is 1. The summed E-state index contributed by atoms with van der Waals surface area (Å²) < 4.78 is 0. The van der Waals surface area contributed by atoms with Crippen LogP contribution in [-0.2, 0) is 0 Å². The first-order valence-corrected chi connectivity index (χ1v) is 7.30. The molecule has 1 N–H and O–H groups in total. The molecular weight excluding hydrogens is 270 g/mol. The topological polar surface area (TPSA) is 75.5 Å². The number of nitrogens with zero attached hydrogens (tertiary/aromatic N) is 2. The summed E-state index contributed by atoms with van der Waals surface area (Å²) in [6.45, 7) is 6.43. The van der Waals surface area contributed by atoms with Gasteiger partial charge in [-0.2, -0.15) is 0 Å². The van der Waals surface area contributed by atoms with E-state index in [0.29, 0.717) is 23.7 Å². The number of hydrogen-bond donors (Lipinski definition) is 1. The zero-order valence-electron chi connectivity index (χ0n) is 12.5. The third kappa shape index (κ3) is 3.58. The maximum absolute atomic E-state index is 12.1. The molecule has 0 aromatic heterocycles. The van der Waals surface area contributed by atoms with Crippen molar-refractivity contribution in [3.05, 3.63) is 39.4 Å². The fourth-order valence-electron chi connectivity index (χ4n) is 2.80. The lowest BCUT2D eigenvalue weighted by atomic mass is 10.1. The van der Waals surface area contributed by atoms with E-state index in [9.17, 15) is 14.9 Å². The van der Waals surface area contributed by atoms with Crippen LogP contribution in [0.4, 0.5) is 5.69 Å². The number of likely N-dealkylation sites (N-methyl/N-ethyl adjacent to an activating group) is 1. The molecule has 1 atom stereocenters. The van der Waals surface area contributed by atoms with Gasteiger partial charge in [0.1, 0.15) is 0 Å². The van der Waals surface area contributed by atoms with Gasteiger partial charge in [-0.05, 0) is 38.9 Å². The van der Waals surface area contributed by atoms with Gasteiger partial charge in [-0.15, -0.1) is 0 Å². The molecule has 0 radical (unpaired) electrons. The lowest BCUT2D eigenvalue weighted by Crippen LogP contribution is -2.40. The normalized spacial score (nSPS) is 18.7. The van der Waals surface area contributed by atoms with Crippen LogP contribution < -0.4 is 5.32 Å². The Bertz CT molecular complexity index is 545. The maximum Gasteiger partial charge on any atom is 0.273 e. The number of carbonyl (C=O) groups is 1. The number of nitrogens with one attached hydrogen (secondary N) is 1. The Hall–Kier alpha value is -1.95. The molecule has 1 fully saturated rings. The highest BCUT2D eigenvalue weighted by Gasteiger charge is 2.23. The summed E-state index contributed by atoms with van der Waals surface area (Å²) in [5, 5.41) is 13.8. The van der Waals surface area contributed by atoms with Crippen molar-refractivity contribution in [2.24, 2.45) is 0 Å². The third-order valence-electron chi connectivity index (χ3n) is 4.07. The van der Waals surface area contributed by atoms with E-state index in [1.165, 1.54) is 6.07 Å². The Labute approximate surface area is 124 Å². The summed E-state index contributed by atoms with van der Waals surface area (Å²) in [5.41, 5.74) is 0.886. The van der Waals surface area contributed by atoms with Crippen LogP contribution in [0, 0.1) is 17.0 Å². The van der Waals surface area contributed by atoms with Gasteiger partial charge in [0.2, 0.25) is 0 Å². The molecule has 2 rings (SSSR count). The molecule has 0 saturated carbocycles. The van der Waals surface area contributed by atoms with Gasteiger partial charge in [-0.25, -0.2) is 0 Å². The maximum atomic E-state index is 12.1. The number of amides is 1. The summed E-state index contributed by atoms with van der Waals surface area (Å²) in [6, 6.07) is 4.96. The minimum Gasteiger partial charge on any atom is -0.350 e. The van der Waals surface area contributed by atoms with Crippen LogP contribution in [-0.4, -0.2) is 41.4 Å². The Morgan fingerprint density at radius 1 is 1.52 bits per heavy atom. The number of benzene rings is 1. The van der Waals surface area contributed by atoms with Crippen molar-refractivity contribution in [3.8, 4) is 0 Å². The number of nitro groups is 1. The quantitative estimate of drug-likeness (QED) is 0.666. The lowest BCUT2D eigenvalue weighted by Gasteiger charge is -2.22. The lowest BCUT2D eigenvalue weighted by molar-refractivity contribution is -0.385. The predicted molar refractivity (Wildman–Crippen MR) is 80.4 cm³/mol. The second-order valence-electron chi connectivity index (χ2n) is 5.39. The number of nitro benzene ring substituents is 1. The molecule has 21 heavy (non-hydrogen) atoms. The summed E-state index contributed by atoms with van der Waals surface area (Å²) in [7, 11) is 0. The van der Waals surface area contributed by atoms with Crippen molar-refractivity contribution in [1.29, 1.82) is 0 Å². The minimum atomic E-state index is -0.456. The van der Waals surface area contributed by atoms with Gasteiger partial charge in [0, 0.05) is 29.8 Å². The summed E-state index contributed by atoms with van der Waals surface area (Å²) in [6.07, 6.45) is 2.24. The number of hydrogen-bond acceptors (Lipinski definition) is 4. The molecule has 1 saturated heterocycles. The van der Waals surface area contributed by atoms with Crippen LogP contribution in [0.15, 0.2) is 18.2 Å². The molecule has 0 aliphatic carbocycles. The molecule has 0 bridgehead atoms. The zero-order valence-corrected chi connectivity index (χ0v) is 12.5. The largest absolute Gasteiger partial charge is 0.350 e. The standard InChI is InChI=1S/C15H21N3O3/c1-3-17-8-4-5-13(17)10-16-15(19)12-7-6-11(2)14(9-12)18(20)21/h6-7,9,13H,3-5,8,10H2,1-2H3,(H,16,19). The second-order valence-corrected chi connectivity index (χ2v) is 5.39. The number of likely N-dealkylation sites (tertiary alicyclic amines) is 1. The van der Waals surface area contributed by atoms with Crippen molar-refractivity contribution < 1.29 is 9.72 Å². The van der Waals surface area contributed by atoms with E-state index >= 15 is 0 Å². The monoisotopic (exact) mass is 291 g/mol. The van der Waals surface area contributed by atoms with Crippen molar-refractivity contribution >= 4 is 11.6 Å². The molecule has 1 aliphatic rings. The average molecular weight is 291 g/mol. The van der Waals surface area contributed by atoms with Gasteiger partial charge in [0.05, 0.1) is 4.92 Å². The Kier molecular flexibility index (Phi) is 4.90. The molecule has 1 heterocycles. The molecule has 1 aliphatic heterocycles. The van der Waals surface area contributed by atoms with Crippen LogP contribution in [0.25, 0.3) is 0 Å². The van der Waals surface area contributed by atoms with E-state index in [-0.39, 0.29) is 11.6 Å². The molecule has 1 aromatic rings. The van der Waals surface area contributed by atoms with Gasteiger partial charge in [-0.1, -0.05) is 13.0 Å². The molecule has 1 aromatic carbocycles. The SMILES string of the molecule is CCN1CCCC1CNC(=O)c1ccc(C)c([N+](=O)[O-])c1. The minimum absolute atomic E-state index is 0.0151. The van der Waals surface area contributed by atoms with Crippen LogP contribution in [0.2, 0.25) is 0 Å². The summed E-state index contributed by atoms with van der Waals surface area (Å²) in [5.74, 6) is -0.249. The van der Waals surface area contributed by atoms with Crippen LogP contribution in [0.3, 0.4) is 0 Å². The van der Waals surface area contributed by atoms with Crippen LogP contribution >= 0.6 is 0 Å². The summed E-state index contributed by atoms with van der Waals surface area (Å²) >= 11 is 0. The Morgan fingerprint density at radius 2 is 2.29 bits per heavy atom. The molecule has 0 spiro atoms. The Balaban J connectivity index is 2.00. The highest BCUT2D eigenvalue weighted by Crippen LogP contribution is 2.19. The molecule has 114 valence electrons. The van der Waals surface area contributed by atoms with Gasteiger partial charge in [0.25, 0.3) is 11.6 Å². The predicted octanol–water partition coefficient (Wildman–Crippen LogP) is 2.12. The van der Waals surface area contributed by atoms with Gasteiger partial charge in [-0.3, -0.25) is 19.8 Å². The van der Waals surface area contributed by atoms with E-state index in [2.05, 4.69) is 17.1 Å². The first kappa shape index (κ1) is 15.4. The highest BCUT2D eigenvalue weighted by molar-refractivity contribution is 5.95. The number of carbonyl (C=O) groups excluding carboxylic acids is 1.